The average molecular weight is 469 g/mol. The maximum Gasteiger partial charge on any atom is 0.338 e. The topological polar surface area (TPSA) is 84.4 Å². The third-order valence-electron chi connectivity index (χ3n) is 5.88. The molecule has 1 fully saturated rings. The van der Waals surface area contributed by atoms with Crippen molar-refractivity contribution in [1.82, 2.24) is 9.97 Å². The molecule has 3 aromatic rings. The second-order valence-corrected chi connectivity index (χ2v) is 10.7. The lowest BCUT2D eigenvalue weighted by Crippen LogP contribution is -2.23. The van der Waals surface area contributed by atoms with Gasteiger partial charge in [-0.05, 0) is 75.8 Å². The number of esters is 1. The highest BCUT2D eigenvalue weighted by Gasteiger charge is 2.24. The van der Waals surface area contributed by atoms with Crippen molar-refractivity contribution in [2.45, 2.75) is 58.2 Å². The lowest BCUT2D eigenvalue weighted by atomic mass is 9.83. The fourth-order valence-electron chi connectivity index (χ4n) is 4.19. The van der Waals surface area contributed by atoms with Crippen LogP contribution >= 0.6 is 11.3 Å². The third-order valence-corrected chi connectivity index (χ3v) is 6.90. The van der Waals surface area contributed by atoms with Gasteiger partial charge in [0.2, 0.25) is 0 Å². The molecule has 1 aliphatic heterocycles. The van der Waals surface area contributed by atoms with Gasteiger partial charge in [0.25, 0.3) is 0 Å². The Bertz CT molecular complexity index is 1060. The smallest absolute Gasteiger partial charge is 0.338 e. The first kappa shape index (κ1) is 23.7. The Balaban J connectivity index is 1.59. The minimum atomic E-state index is -0.520. The molecule has 2 N–H and O–H groups in total. The maximum atomic E-state index is 12.4. The van der Waals surface area contributed by atoms with Crippen molar-refractivity contribution in [3.05, 3.63) is 64.3 Å². The zero-order chi connectivity index (χ0) is 23.4. The van der Waals surface area contributed by atoms with Crippen LogP contribution in [0.25, 0.3) is 10.7 Å². The van der Waals surface area contributed by atoms with Crippen molar-refractivity contribution in [2.75, 3.05) is 13.2 Å². The van der Waals surface area contributed by atoms with Crippen molar-refractivity contribution >= 4 is 17.3 Å². The summed E-state index contributed by atoms with van der Waals surface area (Å²) in [5.41, 5.74) is 3.29. The summed E-state index contributed by atoms with van der Waals surface area (Å²) < 4.78 is 11.1. The Morgan fingerprint density at radius 3 is 2.58 bits per heavy atom. The number of thiazole rings is 1. The summed E-state index contributed by atoms with van der Waals surface area (Å²) in [5, 5.41) is 10.2. The zero-order valence-corrected chi connectivity index (χ0v) is 20.3. The molecule has 0 radical (unpaired) electrons. The van der Waals surface area contributed by atoms with Crippen LogP contribution in [0.3, 0.4) is 0 Å². The molecule has 7 heteroatoms. The first-order chi connectivity index (χ1) is 15.8. The number of carbonyl (C=O) groups excluding carboxylic acids is 1. The second-order valence-electron chi connectivity index (χ2n) is 9.59. The van der Waals surface area contributed by atoms with Gasteiger partial charge in [-0.2, -0.15) is 0 Å². The van der Waals surface area contributed by atoms with E-state index in [4.69, 9.17) is 9.47 Å². The predicted octanol–water partition coefficient (Wildman–Crippen LogP) is 5.53. The fourth-order valence-corrected chi connectivity index (χ4v) is 4.94. The Kier molecular flexibility index (Phi) is 7.32. The summed E-state index contributed by atoms with van der Waals surface area (Å²) in [6.45, 7) is 7.25. The number of nitrogens with zero attached hydrogens (tertiary/aromatic N) is 1. The summed E-state index contributed by atoms with van der Waals surface area (Å²) >= 11 is 1.49. The van der Waals surface area contributed by atoms with Gasteiger partial charge in [-0.15, -0.1) is 11.3 Å². The van der Waals surface area contributed by atoms with Gasteiger partial charge in [0, 0.05) is 31.0 Å². The van der Waals surface area contributed by atoms with Gasteiger partial charge in [0.05, 0.1) is 22.7 Å². The number of aromatic amines is 1. The molecule has 1 aliphatic rings. The highest BCUT2D eigenvalue weighted by atomic mass is 32.1. The van der Waals surface area contributed by atoms with Crippen LogP contribution in [0.2, 0.25) is 0 Å². The first-order valence-corrected chi connectivity index (χ1v) is 12.3. The molecule has 1 saturated heterocycles. The minimum absolute atomic E-state index is 0.00159. The molecule has 0 bridgehead atoms. The Morgan fingerprint density at radius 2 is 1.94 bits per heavy atom. The van der Waals surface area contributed by atoms with Crippen LogP contribution < -0.4 is 0 Å². The lowest BCUT2D eigenvalue weighted by Gasteiger charge is -2.27. The van der Waals surface area contributed by atoms with Crippen molar-refractivity contribution < 1.29 is 19.4 Å². The van der Waals surface area contributed by atoms with Crippen molar-refractivity contribution in [3.8, 4) is 10.7 Å². The molecule has 0 spiro atoms. The highest BCUT2D eigenvalue weighted by molar-refractivity contribution is 7.14. The van der Waals surface area contributed by atoms with Gasteiger partial charge in [-0.3, -0.25) is 0 Å². The van der Waals surface area contributed by atoms with Crippen LogP contribution in [-0.2, 0) is 16.1 Å². The monoisotopic (exact) mass is 468 g/mol. The Labute approximate surface area is 199 Å². The highest BCUT2D eigenvalue weighted by Crippen LogP contribution is 2.36. The van der Waals surface area contributed by atoms with E-state index in [2.05, 4.69) is 22.1 Å². The van der Waals surface area contributed by atoms with Gasteiger partial charge in [0.15, 0.2) is 0 Å². The van der Waals surface area contributed by atoms with E-state index in [9.17, 15) is 9.90 Å². The Morgan fingerprint density at radius 1 is 1.21 bits per heavy atom. The largest absolute Gasteiger partial charge is 0.456 e. The maximum absolute atomic E-state index is 12.4. The van der Waals surface area contributed by atoms with Gasteiger partial charge < -0.3 is 19.6 Å². The van der Waals surface area contributed by atoms with E-state index < -0.39 is 5.60 Å². The summed E-state index contributed by atoms with van der Waals surface area (Å²) in [5.74, 6) is 0.453. The molecule has 0 aliphatic carbocycles. The molecule has 176 valence electrons. The van der Waals surface area contributed by atoms with E-state index in [1.807, 2.05) is 45.0 Å². The van der Waals surface area contributed by atoms with E-state index in [0.29, 0.717) is 11.5 Å². The molecule has 3 heterocycles. The third kappa shape index (κ3) is 6.10. The molecule has 1 unspecified atom stereocenters. The molecular formula is C26H32N2O4S. The molecule has 33 heavy (non-hydrogen) atoms. The number of H-pyrrole nitrogens is 1. The fraction of sp³-hybridized carbons (Fsp3) is 0.462. The number of aliphatic hydroxyl groups is 1. The van der Waals surface area contributed by atoms with Crippen LogP contribution in [0, 0.1) is 5.92 Å². The van der Waals surface area contributed by atoms with E-state index >= 15 is 0 Å². The number of hydrogen-bond acceptors (Lipinski definition) is 6. The normalized spacial score (nSPS) is 16.0. The summed E-state index contributed by atoms with van der Waals surface area (Å²) in [6, 6.07) is 12.0. The molecule has 6 nitrogen and oxygen atoms in total. The van der Waals surface area contributed by atoms with Crippen molar-refractivity contribution in [1.29, 1.82) is 0 Å². The summed E-state index contributed by atoms with van der Waals surface area (Å²) in [4.78, 5) is 21.3. The predicted molar refractivity (Wildman–Crippen MR) is 129 cm³/mol. The SMILES string of the molecule is CC(C)(C)OC(=O)c1ccc(C(CC2CCOCC2)c2ccc(-c3ncc(CO)s3)[nH]2)cc1. The van der Waals surface area contributed by atoms with Crippen LogP contribution in [-0.4, -0.2) is 39.9 Å². The average Bonchev–Trinajstić information content (AvgIpc) is 3.47. The molecular weight excluding hydrogens is 436 g/mol. The summed E-state index contributed by atoms with van der Waals surface area (Å²) in [7, 11) is 0. The first-order valence-electron chi connectivity index (χ1n) is 11.5. The van der Waals surface area contributed by atoms with Gasteiger partial charge in [0.1, 0.15) is 10.6 Å². The van der Waals surface area contributed by atoms with E-state index in [0.717, 1.165) is 59.3 Å². The molecule has 0 amide bonds. The van der Waals surface area contributed by atoms with Gasteiger partial charge in [-0.25, -0.2) is 9.78 Å². The van der Waals surface area contributed by atoms with Crippen LogP contribution in [0.4, 0.5) is 0 Å². The molecule has 2 aromatic heterocycles. The number of benzene rings is 1. The van der Waals surface area contributed by atoms with Crippen molar-refractivity contribution in [3.63, 3.8) is 0 Å². The number of aromatic nitrogens is 2. The standard InChI is InChI=1S/C26H32N2O4S/c1-26(2,3)32-25(30)19-6-4-18(5-7-19)21(14-17-10-12-31-13-11-17)22-8-9-23(28-22)24-27-15-20(16-29)33-24/h4-9,15,17,21,28-29H,10-14,16H2,1-3H3. The number of aliphatic hydroxyl groups excluding tert-OH is 1. The Hall–Kier alpha value is -2.48. The van der Waals surface area contributed by atoms with Gasteiger partial charge in [-0.1, -0.05) is 12.1 Å². The molecule has 1 aromatic carbocycles. The van der Waals surface area contributed by atoms with E-state index in [1.165, 1.54) is 11.3 Å². The van der Waals surface area contributed by atoms with Gasteiger partial charge >= 0.3 is 5.97 Å². The quantitative estimate of drug-likeness (QED) is 0.445. The molecule has 4 rings (SSSR count). The molecule has 1 atom stereocenters. The number of hydrogen-bond donors (Lipinski definition) is 2. The van der Waals surface area contributed by atoms with Crippen LogP contribution in [0.1, 0.15) is 72.4 Å². The zero-order valence-electron chi connectivity index (χ0n) is 19.5. The van der Waals surface area contributed by atoms with Crippen LogP contribution in [0.15, 0.2) is 42.6 Å². The van der Waals surface area contributed by atoms with Crippen LogP contribution in [0.5, 0.6) is 0 Å². The van der Waals surface area contributed by atoms with Crippen molar-refractivity contribution in [2.24, 2.45) is 5.92 Å². The van der Waals surface area contributed by atoms with E-state index in [-0.39, 0.29) is 18.5 Å². The number of rotatable bonds is 7. The van der Waals surface area contributed by atoms with E-state index in [1.54, 1.807) is 6.20 Å². The number of nitrogens with one attached hydrogen (secondary N) is 1. The number of ether oxygens (including phenoxy) is 2. The summed E-state index contributed by atoms with van der Waals surface area (Å²) in [6.07, 6.45) is 4.85. The lowest BCUT2D eigenvalue weighted by molar-refractivity contribution is 0.00694. The number of carbonyl (C=O) groups is 1. The minimum Gasteiger partial charge on any atom is -0.456 e. The second kappa shape index (κ2) is 10.2. The molecule has 0 saturated carbocycles.